The maximum Gasteiger partial charge on any atom is 0.303 e. The van der Waals surface area contributed by atoms with Crippen LogP contribution in [0.25, 0.3) is 0 Å². The highest BCUT2D eigenvalue weighted by molar-refractivity contribution is 5.66. The lowest BCUT2D eigenvalue weighted by Crippen LogP contribution is -2.21. The second-order valence-corrected chi connectivity index (χ2v) is 6.23. The van der Waals surface area contributed by atoms with Crippen LogP contribution >= 0.6 is 0 Å². The van der Waals surface area contributed by atoms with Gasteiger partial charge in [0.2, 0.25) is 0 Å². The van der Waals surface area contributed by atoms with E-state index in [1.807, 2.05) is 20.8 Å². The van der Waals surface area contributed by atoms with Gasteiger partial charge in [-0.05, 0) is 39.5 Å². The summed E-state index contributed by atoms with van der Waals surface area (Å²) in [5.41, 5.74) is 0.907. The smallest absolute Gasteiger partial charge is 0.303 e. The highest BCUT2D eigenvalue weighted by Gasteiger charge is 2.11. The summed E-state index contributed by atoms with van der Waals surface area (Å²) in [4.78, 5) is 10.2. The van der Waals surface area contributed by atoms with Crippen LogP contribution in [0.5, 0.6) is 0 Å². The van der Waals surface area contributed by atoms with Crippen LogP contribution < -0.4 is 0 Å². The van der Waals surface area contributed by atoms with Crippen molar-refractivity contribution in [1.82, 2.24) is 0 Å². The van der Waals surface area contributed by atoms with Crippen molar-refractivity contribution in [2.24, 2.45) is 5.92 Å². The number of ether oxygens (including phenoxy) is 2. The van der Waals surface area contributed by atoms with Crippen LogP contribution in [0.2, 0.25) is 0 Å². The summed E-state index contributed by atoms with van der Waals surface area (Å²) in [6.45, 7) is 19.1. The van der Waals surface area contributed by atoms with E-state index < -0.39 is 0 Å². The minimum Gasteiger partial charge on any atom is -0.460 e. The van der Waals surface area contributed by atoms with Crippen LogP contribution in [0, 0.1) is 5.92 Å². The van der Waals surface area contributed by atoms with Crippen LogP contribution in [0.4, 0.5) is 0 Å². The Balaban J connectivity index is 0. The Kier molecular flexibility index (Phi) is 12.8. The van der Waals surface area contributed by atoms with E-state index in [4.69, 9.17) is 9.47 Å². The Morgan fingerprint density at radius 1 is 1.25 bits per heavy atom. The fraction of sp³-hybridized carbons (Fsp3) is 0.824. The molecule has 3 nitrogen and oxygen atoms in total. The molecule has 0 saturated carbocycles. The molecule has 0 bridgehead atoms. The van der Waals surface area contributed by atoms with Gasteiger partial charge in [-0.2, -0.15) is 0 Å². The summed E-state index contributed by atoms with van der Waals surface area (Å²) >= 11 is 0. The monoisotopic (exact) mass is 286 g/mol. The van der Waals surface area contributed by atoms with E-state index in [2.05, 4.69) is 27.4 Å². The average Bonchev–Trinajstić information content (AvgIpc) is 2.26. The molecule has 120 valence electrons. The van der Waals surface area contributed by atoms with E-state index in [-0.39, 0.29) is 11.6 Å². The van der Waals surface area contributed by atoms with E-state index in [9.17, 15) is 4.79 Å². The molecule has 0 N–H and O–H groups in total. The van der Waals surface area contributed by atoms with E-state index in [0.717, 1.165) is 32.0 Å². The lowest BCUT2D eigenvalue weighted by molar-refractivity contribution is -0.151. The first kappa shape index (κ1) is 21.5. The Morgan fingerprint density at radius 2 is 1.80 bits per heavy atom. The van der Waals surface area contributed by atoms with Gasteiger partial charge in [-0.3, -0.25) is 4.79 Å². The maximum atomic E-state index is 10.2. The zero-order valence-corrected chi connectivity index (χ0v) is 14.5. The van der Waals surface area contributed by atoms with Gasteiger partial charge in [-0.1, -0.05) is 39.3 Å². The molecule has 0 aromatic carbocycles. The maximum absolute atomic E-state index is 10.2. The third-order valence-electron chi connectivity index (χ3n) is 2.44. The fourth-order valence-corrected chi connectivity index (χ4v) is 1.49. The summed E-state index contributed by atoms with van der Waals surface area (Å²) in [5, 5.41) is 0. The van der Waals surface area contributed by atoms with Gasteiger partial charge < -0.3 is 9.47 Å². The molecule has 0 aliphatic rings. The van der Waals surface area contributed by atoms with Crippen molar-refractivity contribution in [3.05, 3.63) is 12.2 Å². The molecular formula is C17H34O3. The number of rotatable bonds is 7. The fourth-order valence-electron chi connectivity index (χ4n) is 1.49. The molecule has 0 saturated heterocycles. The molecule has 1 atom stereocenters. The first-order valence-electron chi connectivity index (χ1n) is 7.56. The van der Waals surface area contributed by atoms with Crippen LogP contribution in [0.15, 0.2) is 12.2 Å². The predicted molar refractivity (Wildman–Crippen MR) is 85.8 cm³/mol. The van der Waals surface area contributed by atoms with Crippen LogP contribution in [0.3, 0.4) is 0 Å². The molecule has 0 aromatic heterocycles. The van der Waals surface area contributed by atoms with Crippen LogP contribution in [-0.2, 0) is 14.3 Å². The summed E-state index contributed by atoms with van der Waals surface area (Å²) in [5.74, 6) is 0.528. The van der Waals surface area contributed by atoms with Gasteiger partial charge in [-0.25, -0.2) is 0 Å². The van der Waals surface area contributed by atoms with E-state index in [1.165, 1.54) is 18.9 Å². The van der Waals surface area contributed by atoms with Gasteiger partial charge in [0, 0.05) is 13.5 Å². The Bertz CT molecular complexity index is 264. The highest BCUT2D eigenvalue weighted by atomic mass is 16.6. The van der Waals surface area contributed by atoms with Gasteiger partial charge in [0.15, 0.2) is 0 Å². The second kappa shape index (κ2) is 12.0. The predicted octanol–water partition coefficient (Wildman–Crippen LogP) is 4.75. The van der Waals surface area contributed by atoms with E-state index in [0.29, 0.717) is 0 Å². The molecule has 20 heavy (non-hydrogen) atoms. The molecule has 3 heteroatoms. The zero-order chi connectivity index (χ0) is 16.2. The van der Waals surface area contributed by atoms with Gasteiger partial charge in [0.25, 0.3) is 0 Å². The van der Waals surface area contributed by atoms with Crippen molar-refractivity contribution >= 4 is 5.97 Å². The summed E-state index contributed by atoms with van der Waals surface area (Å²) in [7, 11) is 0. The molecule has 0 spiro atoms. The highest BCUT2D eigenvalue weighted by Crippen LogP contribution is 2.12. The van der Waals surface area contributed by atoms with Crippen molar-refractivity contribution in [3.8, 4) is 0 Å². The standard InChI is InChI=1S/C11H22O.C6H12O2/c1-5-7-12-9-11(4)8-10(3)6-2;1-5(7)8-6(2,3)4/h10H,4-9H2,1-3H3;1-4H3. The van der Waals surface area contributed by atoms with Crippen molar-refractivity contribution < 1.29 is 14.3 Å². The first-order chi connectivity index (χ1) is 9.12. The molecule has 0 aliphatic carbocycles. The quantitative estimate of drug-likeness (QED) is 0.385. The van der Waals surface area contributed by atoms with Crippen molar-refractivity contribution in [2.45, 2.75) is 73.3 Å². The van der Waals surface area contributed by atoms with Crippen molar-refractivity contribution in [3.63, 3.8) is 0 Å². The number of hydrogen-bond acceptors (Lipinski definition) is 3. The zero-order valence-electron chi connectivity index (χ0n) is 14.5. The molecule has 0 aromatic rings. The third kappa shape index (κ3) is 19.5. The topological polar surface area (TPSA) is 35.5 Å². The number of carbonyl (C=O) groups excluding carboxylic acids is 1. The normalized spacial score (nSPS) is 12.2. The lowest BCUT2D eigenvalue weighted by atomic mass is 10.0. The summed E-state index contributed by atoms with van der Waals surface area (Å²) in [6.07, 6.45) is 3.43. The minimum absolute atomic E-state index is 0.225. The Hall–Kier alpha value is -0.830. The number of hydrogen-bond donors (Lipinski definition) is 0. The third-order valence-corrected chi connectivity index (χ3v) is 2.44. The van der Waals surface area contributed by atoms with Crippen molar-refractivity contribution in [1.29, 1.82) is 0 Å². The molecule has 0 heterocycles. The molecule has 1 unspecified atom stereocenters. The number of carbonyl (C=O) groups is 1. The van der Waals surface area contributed by atoms with Gasteiger partial charge in [-0.15, -0.1) is 0 Å². The molecule has 0 aliphatic heterocycles. The molecule has 0 fully saturated rings. The largest absolute Gasteiger partial charge is 0.460 e. The summed E-state index contributed by atoms with van der Waals surface area (Å²) < 4.78 is 10.2. The van der Waals surface area contributed by atoms with Crippen LogP contribution in [-0.4, -0.2) is 24.8 Å². The van der Waals surface area contributed by atoms with E-state index >= 15 is 0 Å². The SMILES string of the molecule is C=C(COCCC)CC(C)CC.CC(=O)OC(C)(C)C. The first-order valence-corrected chi connectivity index (χ1v) is 7.56. The lowest BCUT2D eigenvalue weighted by Gasteiger charge is -2.17. The summed E-state index contributed by atoms with van der Waals surface area (Å²) in [6, 6.07) is 0. The Morgan fingerprint density at radius 3 is 2.10 bits per heavy atom. The molecule has 0 radical (unpaired) electrons. The van der Waals surface area contributed by atoms with Crippen LogP contribution in [0.1, 0.15) is 67.7 Å². The van der Waals surface area contributed by atoms with Crippen molar-refractivity contribution in [2.75, 3.05) is 13.2 Å². The molecular weight excluding hydrogens is 252 g/mol. The van der Waals surface area contributed by atoms with Gasteiger partial charge in [0.05, 0.1) is 6.61 Å². The molecule has 0 rings (SSSR count). The molecule has 0 amide bonds. The Labute approximate surface area is 125 Å². The van der Waals surface area contributed by atoms with Gasteiger partial charge in [0.1, 0.15) is 5.60 Å². The minimum atomic E-state index is -0.328. The second-order valence-electron chi connectivity index (χ2n) is 6.23. The van der Waals surface area contributed by atoms with E-state index in [1.54, 1.807) is 0 Å². The van der Waals surface area contributed by atoms with Gasteiger partial charge >= 0.3 is 5.97 Å². The number of esters is 1. The average molecular weight is 286 g/mol.